The number of carboxylic acids is 1. The molecule has 2 saturated carbocycles. The number of aliphatic carboxylic acids is 1. The maximum absolute atomic E-state index is 13.0. The van der Waals surface area contributed by atoms with Crippen molar-refractivity contribution >= 4 is 11.9 Å². The van der Waals surface area contributed by atoms with Gasteiger partial charge in [-0.1, -0.05) is 0 Å². The van der Waals surface area contributed by atoms with Gasteiger partial charge in [-0.3, -0.25) is 9.59 Å². The summed E-state index contributed by atoms with van der Waals surface area (Å²) in [5.74, 6) is 0.179. The first-order valence-electron chi connectivity index (χ1n) is 8.77. The topological polar surface area (TPSA) is 76.1 Å². The van der Waals surface area contributed by atoms with Crippen molar-refractivity contribution in [2.45, 2.75) is 44.7 Å². The normalized spacial score (nSPS) is 22.5. The average Bonchev–Trinajstić information content (AvgIpc) is 3.33. The molecule has 2 aliphatic carbocycles. The molecule has 136 valence electrons. The number of hydrogen-bond acceptors (Lipinski definition) is 4. The van der Waals surface area contributed by atoms with Gasteiger partial charge < -0.3 is 19.5 Å². The third kappa shape index (κ3) is 3.89. The summed E-state index contributed by atoms with van der Waals surface area (Å²) in [6.45, 7) is 0.470. The molecule has 6 nitrogen and oxygen atoms in total. The number of methoxy groups -OCH3 is 2. The van der Waals surface area contributed by atoms with Crippen LogP contribution >= 0.6 is 0 Å². The van der Waals surface area contributed by atoms with E-state index in [1.165, 1.54) is 0 Å². The highest BCUT2D eigenvalue weighted by atomic mass is 16.5. The van der Waals surface area contributed by atoms with Crippen molar-refractivity contribution in [1.82, 2.24) is 4.90 Å². The molecule has 1 aromatic rings. The summed E-state index contributed by atoms with van der Waals surface area (Å²) in [5, 5.41) is 9.18. The zero-order valence-corrected chi connectivity index (χ0v) is 14.7. The number of hydrogen-bond donors (Lipinski definition) is 1. The first-order chi connectivity index (χ1) is 12.0. The molecule has 25 heavy (non-hydrogen) atoms. The Morgan fingerprint density at radius 1 is 1.12 bits per heavy atom. The lowest BCUT2D eigenvalue weighted by molar-refractivity contribution is -0.141. The van der Waals surface area contributed by atoms with Crippen LogP contribution in [0.2, 0.25) is 0 Å². The zero-order valence-electron chi connectivity index (χ0n) is 14.7. The SMILES string of the molecule is COc1ccc(OC)c(CN(C(=O)[C@@H]2CC[C@H](C(=O)O)C2)C2CC2)c1. The van der Waals surface area contributed by atoms with E-state index in [9.17, 15) is 14.7 Å². The standard InChI is InChI=1S/C19H25NO5/c1-24-16-7-8-17(25-2)14(10-16)11-20(15-5-6-15)18(21)12-3-4-13(9-12)19(22)23/h7-8,10,12-13,15H,3-6,9,11H2,1-2H3,(H,22,23)/t12-,13+/m1/s1. The van der Waals surface area contributed by atoms with Crippen LogP contribution in [0.25, 0.3) is 0 Å². The molecule has 1 N–H and O–H groups in total. The number of benzene rings is 1. The van der Waals surface area contributed by atoms with E-state index in [0.717, 1.165) is 29.9 Å². The highest BCUT2D eigenvalue weighted by molar-refractivity contribution is 5.81. The van der Waals surface area contributed by atoms with Crippen LogP contribution in [-0.4, -0.2) is 42.1 Å². The average molecular weight is 347 g/mol. The van der Waals surface area contributed by atoms with E-state index in [2.05, 4.69) is 0 Å². The first-order valence-corrected chi connectivity index (χ1v) is 8.77. The van der Waals surface area contributed by atoms with Crippen LogP contribution < -0.4 is 9.47 Å². The van der Waals surface area contributed by atoms with Crippen LogP contribution in [0.15, 0.2) is 18.2 Å². The van der Waals surface area contributed by atoms with Crippen molar-refractivity contribution in [2.75, 3.05) is 14.2 Å². The van der Waals surface area contributed by atoms with Gasteiger partial charge in [0.1, 0.15) is 11.5 Å². The van der Waals surface area contributed by atoms with Crippen molar-refractivity contribution in [3.8, 4) is 11.5 Å². The fourth-order valence-corrected chi connectivity index (χ4v) is 3.63. The molecule has 0 heterocycles. The number of carbonyl (C=O) groups is 2. The number of amides is 1. The van der Waals surface area contributed by atoms with Gasteiger partial charge in [0.25, 0.3) is 0 Å². The second-order valence-corrected chi connectivity index (χ2v) is 6.92. The molecule has 2 aliphatic rings. The van der Waals surface area contributed by atoms with Gasteiger partial charge >= 0.3 is 5.97 Å². The van der Waals surface area contributed by atoms with Crippen LogP contribution in [0.3, 0.4) is 0 Å². The molecule has 0 unspecified atom stereocenters. The van der Waals surface area contributed by atoms with Gasteiger partial charge in [-0.05, 0) is 50.3 Å². The number of ether oxygens (including phenoxy) is 2. The van der Waals surface area contributed by atoms with Crippen molar-refractivity contribution in [2.24, 2.45) is 11.8 Å². The Bertz CT molecular complexity index is 655. The van der Waals surface area contributed by atoms with Crippen LogP contribution in [-0.2, 0) is 16.1 Å². The number of rotatable bonds is 7. The molecular formula is C19H25NO5. The molecule has 0 saturated heterocycles. The van der Waals surface area contributed by atoms with Crippen molar-refractivity contribution in [3.05, 3.63) is 23.8 Å². The fourth-order valence-electron chi connectivity index (χ4n) is 3.63. The number of carboxylic acid groups (broad SMARTS) is 1. The minimum atomic E-state index is -0.789. The highest BCUT2D eigenvalue weighted by Gasteiger charge is 2.40. The minimum Gasteiger partial charge on any atom is -0.497 e. The van der Waals surface area contributed by atoms with Crippen LogP contribution in [0.5, 0.6) is 11.5 Å². The van der Waals surface area contributed by atoms with Gasteiger partial charge in [0.15, 0.2) is 0 Å². The summed E-state index contributed by atoms with van der Waals surface area (Å²) in [6, 6.07) is 5.84. The highest BCUT2D eigenvalue weighted by Crippen LogP contribution is 2.37. The molecule has 0 aromatic heterocycles. The largest absolute Gasteiger partial charge is 0.497 e. The predicted octanol–water partition coefficient (Wildman–Crippen LogP) is 2.70. The molecular weight excluding hydrogens is 322 g/mol. The lowest BCUT2D eigenvalue weighted by atomic mass is 10.0. The Kier molecular flexibility index (Phi) is 5.16. The molecule has 0 spiro atoms. The lowest BCUT2D eigenvalue weighted by Gasteiger charge is -2.26. The molecule has 6 heteroatoms. The Morgan fingerprint density at radius 2 is 1.84 bits per heavy atom. The summed E-state index contributed by atoms with van der Waals surface area (Å²) in [5.41, 5.74) is 0.912. The van der Waals surface area contributed by atoms with Gasteiger partial charge in [-0.2, -0.15) is 0 Å². The zero-order chi connectivity index (χ0) is 18.0. The Labute approximate surface area is 147 Å². The van der Waals surface area contributed by atoms with Crippen LogP contribution in [0.4, 0.5) is 0 Å². The van der Waals surface area contributed by atoms with E-state index in [4.69, 9.17) is 9.47 Å². The van der Waals surface area contributed by atoms with Crippen molar-refractivity contribution in [3.63, 3.8) is 0 Å². The fraction of sp³-hybridized carbons (Fsp3) is 0.579. The van der Waals surface area contributed by atoms with Gasteiger partial charge in [0, 0.05) is 24.1 Å². The third-order valence-corrected chi connectivity index (χ3v) is 5.23. The molecule has 3 rings (SSSR count). The molecule has 0 aliphatic heterocycles. The van der Waals surface area contributed by atoms with E-state index in [-0.39, 0.29) is 23.8 Å². The van der Waals surface area contributed by atoms with Gasteiger partial charge in [-0.15, -0.1) is 0 Å². The second-order valence-electron chi connectivity index (χ2n) is 6.92. The van der Waals surface area contributed by atoms with E-state index in [1.54, 1.807) is 14.2 Å². The van der Waals surface area contributed by atoms with E-state index in [1.807, 2.05) is 23.1 Å². The van der Waals surface area contributed by atoms with Gasteiger partial charge in [0.2, 0.25) is 5.91 Å². The van der Waals surface area contributed by atoms with E-state index >= 15 is 0 Å². The first kappa shape index (κ1) is 17.6. The summed E-state index contributed by atoms with van der Waals surface area (Å²) in [7, 11) is 3.23. The van der Waals surface area contributed by atoms with Crippen LogP contribution in [0, 0.1) is 11.8 Å². The number of carbonyl (C=O) groups excluding carboxylic acids is 1. The van der Waals surface area contributed by atoms with Crippen molar-refractivity contribution in [1.29, 1.82) is 0 Å². The second kappa shape index (κ2) is 7.33. The Morgan fingerprint density at radius 3 is 2.40 bits per heavy atom. The summed E-state index contributed by atoms with van der Waals surface area (Å²) in [4.78, 5) is 26.1. The quantitative estimate of drug-likeness (QED) is 0.821. The summed E-state index contributed by atoms with van der Waals surface area (Å²) >= 11 is 0. The van der Waals surface area contributed by atoms with Crippen LogP contribution in [0.1, 0.15) is 37.7 Å². The van der Waals surface area contributed by atoms with Crippen molar-refractivity contribution < 1.29 is 24.2 Å². The van der Waals surface area contributed by atoms with E-state index < -0.39 is 5.97 Å². The third-order valence-electron chi connectivity index (χ3n) is 5.23. The molecule has 2 atom stereocenters. The summed E-state index contributed by atoms with van der Waals surface area (Å²) in [6.07, 6.45) is 3.72. The smallest absolute Gasteiger partial charge is 0.306 e. The maximum atomic E-state index is 13.0. The van der Waals surface area contributed by atoms with E-state index in [0.29, 0.717) is 25.8 Å². The van der Waals surface area contributed by atoms with Gasteiger partial charge in [0.05, 0.1) is 20.1 Å². The Hall–Kier alpha value is -2.24. The molecule has 0 radical (unpaired) electrons. The minimum absolute atomic E-state index is 0.0797. The predicted molar refractivity (Wildman–Crippen MR) is 91.6 cm³/mol. The molecule has 0 bridgehead atoms. The molecule has 1 aromatic carbocycles. The molecule has 2 fully saturated rings. The van der Waals surface area contributed by atoms with Gasteiger partial charge in [-0.25, -0.2) is 0 Å². The maximum Gasteiger partial charge on any atom is 0.306 e. The summed E-state index contributed by atoms with van der Waals surface area (Å²) < 4.78 is 10.7. The molecule has 1 amide bonds. The lowest BCUT2D eigenvalue weighted by Crippen LogP contribution is -2.37. The number of nitrogens with zero attached hydrogens (tertiary/aromatic N) is 1. The monoisotopic (exact) mass is 347 g/mol. The Balaban J connectivity index is 1.76.